The molecule has 0 spiro atoms. The van der Waals surface area contributed by atoms with Crippen LogP contribution in [-0.2, 0) is 6.54 Å². The third-order valence-corrected chi connectivity index (χ3v) is 5.91. The number of hydrogen-bond donors (Lipinski definition) is 2. The number of nitrogens with one attached hydrogen (secondary N) is 2. The predicted octanol–water partition coefficient (Wildman–Crippen LogP) is 5.91. The van der Waals surface area contributed by atoms with Crippen LogP contribution in [0.1, 0.15) is 31.9 Å². The van der Waals surface area contributed by atoms with Gasteiger partial charge >= 0.3 is 0 Å². The fraction of sp³-hybridized carbons (Fsp3) is 0.318. The molecule has 4 rings (SSSR count). The second-order valence-electron chi connectivity index (χ2n) is 7.49. The molecule has 31 heavy (non-hydrogen) atoms. The third kappa shape index (κ3) is 5.67. The largest absolute Gasteiger partial charge is 0.459 e. The van der Waals surface area contributed by atoms with Crippen molar-refractivity contribution in [3.63, 3.8) is 0 Å². The highest BCUT2D eigenvalue weighted by Gasteiger charge is 2.21. The molecule has 0 saturated carbocycles. The Morgan fingerprint density at radius 1 is 1.16 bits per heavy atom. The number of anilines is 2. The van der Waals surface area contributed by atoms with E-state index in [1.807, 2.05) is 36.4 Å². The first kappa shape index (κ1) is 21.9. The summed E-state index contributed by atoms with van der Waals surface area (Å²) in [6.07, 6.45) is 3.53. The zero-order valence-electron chi connectivity index (χ0n) is 17.1. The Kier molecular flexibility index (Phi) is 6.95. The van der Waals surface area contributed by atoms with Crippen LogP contribution in [0.3, 0.4) is 0 Å². The number of piperidine rings is 1. The number of nitrogens with zero attached hydrogens (tertiary/aromatic N) is 3. The maximum atomic E-state index is 6.24. The summed E-state index contributed by atoms with van der Waals surface area (Å²) >= 11 is 17.6. The van der Waals surface area contributed by atoms with Gasteiger partial charge in [0.25, 0.3) is 0 Å². The number of hydrogen-bond acceptors (Lipinski definition) is 5. The summed E-state index contributed by atoms with van der Waals surface area (Å²) < 4.78 is 5.89. The maximum absolute atomic E-state index is 6.24. The Hall–Kier alpha value is -2.35. The highest BCUT2D eigenvalue weighted by atomic mass is 35.5. The van der Waals surface area contributed by atoms with Gasteiger partial charge in [0.2, 0.25) is 5.95 Å². The van der Waals surface area contributed by atoms with E-state index in [0.717, 1.165) is 42.3 Å². The van der Waals surface area contributed by atoms with E-state index in [9.17, 15) is 0 Å². The highest BCUT2D eigenvalue weighted by molar-refractivity contribution is 7.80. The van der Waals surface area contributed by atoms with Crippen molar-refractivity contribution in [3.05, 3.63) is 58.4 Å². The summed E-state index contributed by atoms with van der Waals surface area (Å²) in [7, 11) is 0. The van der Waals surface area contributed by atoms with Crippen molar-refractivity contribution in [1.29, 1.82) is 0 Å². The number of halogens is 2. The van der Waals surface area contributed by atoms with E-state index in [-0.39, 0.29) is 0 Å². The van der Waals surface area contributed by atoms with Gasteiger partial charge in [-0.15, -0.1) is 0 Å². The van der Waals surface area contributed by atoms with Crippen LogP contribution in [0.15, 0.2) is 46.9 Å². The minimum atomic E-state index is 0.374. The zero-order valence-corrected chi connectivity index (χ0v) is 19.4. The molecule has 0 bridgehead atoms. The molecule has 6 nitrogen and oxygen atoms in total. The fourth-order valence-corrected chi connectivity index (χ4v) is 4.07. The van der Waals surface area contributed by atoms with Crippen molar-refractivity contribution >= 4 is 52.3 Å². The lowest BCUT2D eigenvalue weighted by atomic mass is 10.0. The smallest absolute Gasteiger partial charge is 0.232 e. The topological polar surface area (TPSA) is 66.2 Å². The summed E-state index contributed by atoms with van der Waals surface area (Å²) in [6.45, 7) is 3.59. The van der Waals surface area contributed by atoms with Gasteiger partial charge in [-0.05, 0) is 74.8 Å². The van der Waals surface area contributed by atoms with Gasteiger partial charge in [-0.3, -0.25) is 0 Å². The van der Waals surface area contributed by atoms with Crippen LogP contribution < -0.4 is 15.5 Å². The van der Waals surface area contributed by atoms with E-state index >= 15 is 0 Å². The second kappa shape index (κ2) is 9.85. The van der Waals surface area contributed by atoms with E-state index in [1.54, 1.807) is 6.07 Å². The highest BCUT2D eigenvalue weighted by Crippen LogP contribution is 2.26. The number of benzene rings is 1. The first-order valence-corrected chi connectivity index (χ1v) is 11.3. The molecule has 0 amide bonds. The Balaban J connectivity index is 1.36. The first-order valence-electron chi connectivity index (χ1n) is 10.2. The van der Waals surface area contributed by atoms with E-state index in [2.05, 4.69) is 32.4 Å². The molecule has 3 heterocycles. The van der Waals surface area contributed by atoms with Crippen molar-refractivity contribution < 1.29 is 4.42 Å². The van der Waals surface area contributed by atoms with Crippen LogP contribution >= 0.6 is 35.4 Å². The van der Waals surface area contributed by atoms with Crippen LogP contribution in [0.25, 0.3) is 11.3 Å². The number of thiocarbonyl (C=S) groups is 1. The number of furan rings is 1. The van der Waals surface area contributed by atoms with Crippen molar-refractivity contribution in [2.24, 2.45) is 0 Å². The van der Waals surface area contributed by atoms with Crippen molar-refractivity contribution in [2.75, 3.05) is 16.8 Å². The Labute approximate surface area is 197 Å². The number of aromatic nitrogens is 2. The van der Waals surface area contributed by atoms with E-state index in [0.29, 0.717) is 33.8 Å². The van der Waals surface area contributed by atoms with Crippen LogP contribution in [-0.4, -0.2) is 27.7 Å². The average Bonchev–Trinajstić information content (AvgIpc) is 3.22. The minimum Gasteiger partial charge on any atom is -0.459 e. The van der Waals surface area contributed by atoms with Gasteiger partial charge in [0.1, 0.15) is 22.5 Å². The van der Waals surface area contributed by atoms with Gasteiger partial charge in [0.15, 0.2) is 5.11 Å². The van der Waals surface area contributed by atoms with E-state index in [1.165, 1.54) is 6.42 Å². The van der Waals surface area contributed by atoms with Crippen LogP contribution in [0.4, 0.5) is 11.8 Å². The van der Waals surface area contributed by atoms with Crippen LogP contribution in [0.5, 0.6) is 0 Å². The lowest BCUT2D eigenvalue weighted by Gasteiger charge is -2.34. The fourth-order valence-electron chi connectivity index (χ4n) is 3.60. The quantitative estimate of drug-likeness (QED) is 0.351. The van der Waals surface area contributed by atoms with Crippen molar-refractivity contribution in [1.82, 2.24) is 15.3 Å². The molecule has 9 heteroatoms. The van der Waals surface area contributed by atoms with Crippen molar-refractivity contribution in [3.8, 4) is 11.3 Å². The molecule has 1 aliphatic rings. The van der Waals surface area contributed by atoms with Gasteiger partial charge in [-0.25, -0.2) is 4.98 Å². The van der Waals surface area contributed by atoms with Gasteiger partial charge in [-0.2, -0.15) is 4.98 Å². The van der Waals surface area contributed by atoms with E-state index < -0.39 is 0 Å². The van der Waals surface area contributed by atoms with Crippen molar-refractivity contribution in [2.45, 2.75) is 38.8 Å². The number of rotatable bonds is 5. The molecule has 2 N–H and O–H groups in total. The predicted molar refractivity (Wildman–Crippen MR) is 130 cm³/mol. The minimum absolute atomic E-state index is 0.374. The molecule has 0 radical (unpaired) electrons. The molecule has 1 unspecified atom stereocenters. The molecule has 1 atom stereocenters. The molecule has 1 aromatic carbocycles. The molecule has 162 valence electrons. The molecule has 1 fully saturated rings. The Morgan fingerprint density at radius 2 is 1.97 bits per heavy atom. The maximum Gasteiger partial charge on any atom is 0.232 e. The van der Waals surface area contributed by atoms with E-state index in [4.69, 9.17) is 39.8 Å². The molecular weight excluding hydrogens is 453 g/mol. The monoisotopic (exact) mass is 475 g/mol. The lowest BCUT2D eigenvalue weighted by molar-refractivity contribution is 0.481. The van der Waals surface area contributed by atoms with Gasteiger partial charge in [0.05, 0.1) is 6.54 Å². The third-order valence-electron chi connectivity index (χ3n) is 5.22. The van der Waals surface area contributed by atoms with Gasteiger partial charge in [0, 0.05) is 29.2 Å². The standard InChI is InChI=1S/C22H23Cl2N5OS/c1-14-4-2-3-11-29(14)20-12-19(24)26-21(27-20)28-22(31)25-13-17-9-10-18(30-17)15-5-7-16(23)8-6-15/h5-10,12,14H,2-4,11,13H2,1H3,(H2,25,26,27,28,31). The molecule has 0 aliphatic carbocycles. The second-order valence-corrected chi connectivity index (χ2v) is 8.72. The molecule has 1 aliphatic heterocycles. The average molecular weight is 476 g/mol. The molecule has 3 aromatic rings. The Bertz CT molecular complexity index is 1060. The zero-order chi connectivity index (χ0) is 21.8. The molecular formula is C22H23Cl2N5OS. The summed E-state index contributed by atoms with van der Waals surface area (Å²) in [5.74, 6) is 2.71. The summed E-state index contributed by atoms with van der Waals surface area (Å²) in [6, 6.07) is 13.6. The van der Waals surface area contributed by atoms with Gasteiger partial charge in [-0.1, -0.05) is 23.2 Å². The normalized spacial score (nSPS) is 16.2. The lowest BCUT2D eigenvalue weighted by Crippen LogP contribution is -2.38. The van der Waals surface area contributed by atoms with Crippen LogP contribution in [0, 0.1) is 0 Å². The SMILES string of the molecule is CC1CCCCN1c1cc(Cl)nc(NC(=S)NCc2ccc(-c3ccc(Cl)cc3)o2)n1. The van der Waals surface area contributed by atoms with Gasteiger partial charge < -0.3 is 20.0 Å². The molecule has 2 aromatic heterocycles. The summed E-state index contributed by atoms with van der Waals surface area (Å²) in [5.41, 5.74) is 0.961. The molecule has 1 saturated heterocycles. The first-order chi connectivity index (χ1) is 15.0. The van der Waals surface area contributed by atoms with Crippen LogP contribution in [0.2, 0.25) is 10.2 Å². The summed E-state index contributed by atoms with van der Waals surface area (Å²) in [4.78, 5) is 11.1. The Morgan fingerprint density at radius 3 is 2.74 bits per heavy atom. The summed E-state index contributed by atoms with van der Waals surface area (Å²) in [5, 5.41) is 7.60.